The highest BCUT2D eigenvalue weighted by molar-refractivity contribution is 14.1. The van der Waals surface area contributed by atoms with Crippen LogP contribution in [0, 0.1) is 3.57 Å². The molecule has 2 heterocycles. The van der Waals surface area contributed by atoms with Gasteiger partial charge in [-0.1, -0.05) is 30.7 Å². The SMILES string of the molecule is C/C=C\C(=C/CC)S(=O)(=O)n1cc(I)c2c(Cl)ccnc21. The van der Waals surface area contributed by atoms with E-state index in [1.54, 1.807) is 37.4 Å². The number of allylic oxidation sites excluding steroid dienone is 3. The molecule has 7 heteroatoms. The first kappa shape index (κ1) is 16.5. The fourth-order valence-electron chi connectivity index (χ4n) is 1.97. The zero-order valence-corrected chi connectivity index (χ0v) is 15.3. The minimum atomic E-state index is -3.68. The van der Waals surface area contributed by atoms with Gasteiger partial charge in [-0.25, -0.2) is 17.4 Å². The normalized spacial score (nSPS) is 13.4. The van der Waals surface area contributed by atoms with E-state index in [0.717, 1.165) is 3.57 Å². The fourth-order valence-corrected chi connectivity index (χ4v) is 4.89. The van der Waals surface area contributed by atoms with Gasteiger partial charge in [-0.05, 0) is 48.1 Å². The second-order valence-corrected chi connectivity index (χ2v) is 7.67. The number of rotatable bonds is 4. The van der Waals surface area contributed by atoms with Crippen molar-refractivity contribution in [2.24, 2.45) is 0 Å². The fraction of sp³-hybridized carbons (Fsp3) is 0.214. The highest BCUT2D eigenvalue weighted by atomic mass is 127. The van der Waals surface area contributed by atoms with Crippen LogP contribution in [0.5, 0.6) is 0 Å². The van der Waals surface area contributed by atoms with Gasteiger partial charge >= 0.3 is 0 Å². The molecular formula is C14H14ClIN2O2S. The van der Waals surface area contributed by atoms with Crippen molar-refractivity contribution in [3.05, 3.63) is 50.2 Å². The van der Waals surface area contributed by atoms with E-state index in [0.29, 0.717) is 22.5 Å². The smallest absolute Gasteiger partial charge is 0.237 e. The Morgan fingerprint density at radius 3 is 2.86 bits per heavy atom. The van der Waals surface area contributed by atoms with E-state index in [-0.39, 0.29) is 4.91 Å². The predicted octanol–water partition coefficient (Wildman–Crippen LogP) is 4.34. The summed E-state index contributed by atoms with van der Waals surface area (Å²) in [6, 6.07) is 1.65. The third-order valence-corrected chi connectivity index (χ3v) is 5.68. The van der Waals surface area contributed by atoms with Crippen molar-refractivity contribution >= 4 is 55.2 Å². The Kier molecular flexibility index (Phi) is 5.11. The summed E-state index contributed by atoms with van der Waals surface area (Å²) >= 11 is 8.21. The molecule has 0 saturated heterocycles. The average molecular weight is 437 g/mol. The molecule has 2 aromatic rings. The molecular weight excluding hydrogens is 423 g/mol. The van der Waals surface area contributed by atoms with Gasteiger partial charge in [0.25, 0.3) is 10.0 Å². The van der Waals surface area contributed by atoms with Crippen molar-refractivity contribution in [3.63, 3.8) is 0 Å². The third-order valence-electron chi connectivity index (χ3n) is 2.85. The molecule has 0 N–H and O–H groups in total. The molecule has 0 saturated carbocycles. The summed E-state index contributed by atoms with van der Waals surface area (Å²) in [5.74, 6) is 0. The van der Waals surface area contributed by atoms with Crippen LogP contribution in [0.3, 0.4) is 0 Å². The van der Waals surface area contributed by atoms with Gasteiger partial charge in [0.2, 0.25) is 0 Å². The molecule has 2 aromatic heterocycles. The van der Waals surface area contributed by atoms with E-state index in [1.165, 1.54) is 10.2 Å². The number of halogens is 2. The molecule has 0 fully saturated rings. The molecule has 0 aliphatic rings. The van der Waals surface area contributed by atoms with Crippen LogP contribution in [-0.4, -0.2) is 17.4 Å². The number of aromatic nitrogens is 2. The maximum atomic E-state index is 12.8. The van der Waals surface area contributed by atoms with Crippen LogP contribution in [-0.2, 0) is 10.0 Å². The van der Waals surface area contributed by atoms with Crippen LogP contribution < -0.4 is 0 Å². The minimum Gasteiger partial charge on any atom is -0.237 e. The van der Waals surface area contributed by atoms with Gasteiger partial charge in [0.05, 0.1) is 15.3 Å². The molecule has 4 nitrogen and oxygen atoms in total. The Hall–Kier alpha value is -0.860. The van der Waals surface area contributed by atoms with Crippen LogP contribution in [0.1, 0.15) is 20.3 Å². The maximum absolute atomic E-state index is 12.8. The summed E-state index contributed by atoms with van der Waals surface area (Å²) in [5, 5.41) is 1.14. The van der Waals surface area contributed by atoms with Crippen LogP contribution in [0.4, 0.5) is 0 Å². The molecule has 0 aromatic carbocycles. The topological polar surface area (TPSA) is 52.0 Å². The molecule has 0 aliphatic carbocycles. The largest absolute Gasteiger partial charge is 0.269 e. The van der Waals surface area contributed by atoms with Gasteiger partial charge in [0, 0.05) is 16.0 Å². The summed E-state index contributed by atoms with van der Waals surface area (Å²) in [4.78, 5) is 4.43. The molecule has 0 unspecified atom stereocenters. The van der Waals surface area contributed by atoms with Gasteiger partial charge in [-0.15, -0.1) is 0 Å². The van der Waals surface area contributed by atoms with Crippen molar-refractivity contribution in [3.8, 4) is 0 Å². The summed E-state index contributed by atoms with van der Waals surface area (Å²) in [7, 11) is -3.68. The van der Waals surface area contributed by atoms with Gasteiger partial charge in [-0.2, -0.15) is 0 Å². The molecule has 0 amide bonds. The lowest BCUT2D eigenvalue weighted by Crippen LogP contribution is -2.13. The molecule has 0 aliphatic heterocycles. The Morgan fingerprint density at radius 2 is 2.24 bits per heavy atom. The van der Waals surface area contributed by atoms with E-state index in [4.69, 9.17) is 11.6 Å². The summed E-state index contributed by atoms with van der Waals surface area (Å²) in [6.07, 6.45) is 8.65. The van der Waals surface area contributed by atoms with Crippen molar-refractivity contribution in [2.75, 3.05) is 0 Å². The first-order valence-corrected chi connectivity index (χ1v) is 9.22. The second-order valence-electron chi connectivity index (χ2n) is 4.28. The van der Waals surface area contributed by atoms with Gasteiger partial charge in [-0.3, -0.25) is 0 Å². The van der Waals surface area contributed by atoms with E-state index in [9.17, 15) is 8.42 Å². The molecule has 0 spiro atoms. The van der Waals surface area contributed by atoms with E-state index in [1.807, 2.05) is 6.92 Å². The standard InChI is InChI=1S/C14H14ClIN2O2S/c1-3-5-10(6-4-2)21(19,20)18-9-12(16)13-11(15)7-8-17-14(13)18/h3,5-9H,4H2,1-2H3/b5-3-,10-6+. The monoisotopic (exact) mass is 436 g/mol. The number of hydrogen-bond acceptors (Lipinski definition) is 3. The predicted molar refractivity (Wildman–Crippen MR) is 95.0 cm³/mol. The van der Waals surface area contributed by atoms with E-state index >= 15 is 0 Å². The van der Waals surface area contributed by atoms with E-state index < -0.39 is 10.0 Å². The van der Waals surface area contributed by atoms with Crippen LogP contribution in [0.2, 0.25) is 5.02 Å². The zero-order chi connectivity index (χ0) is 15.6. The number of pyridine rings is 1. The Labute approximate surface area is 142 Å². The first-order chi connectivity index (χ1) is 9.93. The second kappa shape index (κ2) is 6.50. The Morgan fingerprint density at radius 1 is 1.52 bits per heavy atom. The van der Waals surface area contributed by atoms with Crippen molar-refractivity contribution < 1.29 is 8.42 Å². The molecule has 112 valence electrons. The minimum absolute atomic E-state index is 0.252. The molecule has 0 radical (unpaired) electrons. The average Bonchev–Trinajstić information content (AvgIpc) is 2.78. The first-order valence-electron chi connectivity index (χ1n) is 6.33. The van der Waals surface area contributed by atoms with Crippen molar-refractivity contribution in [1.82, 2.24) is 8.96 Å². The molecule has 0 bridgehead atoms. The summed E-state index contributed by atoms with van der Waals surface area (Å²) in [5.41, 5.74) is 0.346. The highest BCUT2D eigenvalue weighted by Crippen LogP contribution is 2.30. The quantitative estimate of drug-likeness (QED) is 0.529. The lowest BCUT2D eigenvalue weighted by molar-refractivity contribution is 0.595. The molecule has 21 heavy (non-hydrogen) atoms. The van der Waals surface area contributed by atoms with Gasteiger partial charge < -0.3 is 0 Å². The number of hydrogen-bond donors (Lipinski definition) is 0. The summed E-state index contributed by atoms with van der Waals surface area (Å²) in [6.45, 7) is 3.68. The van der Waals surface area contributed by atoms with Crippen LogP contribution in [0.15, 0.2) is 41.6 Å². The Balaban J connectivity index is 2.77. The lowest BCUT2D eigenvalue weighted by Gasteiger charge is -2.07. The van der Waals surface area contributed by atoms with Crippen molar-refractivity contribution in [2.45, 2.75) is 20.3 Å². The molecule has 2 rings (SSSR count). The number of fused-ring (bicyclic) bond motifs is 1. The molecule has 0 atom stereocenters. The Bertz CT molecular complexity index is 838. The maximum Gasteiger partial charge on any atom is 0.269 e. The van der Waals surface area contributed by atoms with Crippen LogP contribution in [0.25, 0.3) is 11.0 Å². The van der Waals surface area contributed by atoms with E-state index in [2.05, 4.69) is 27.6 Å². The zero-order valence-electron chi connectivity index (χ0n) is 11.5. The number of nitrogens with zero attached hydrogens (tertiary/aromatic N) is 2. The lowest BCUT2D eigenvalue weighted by atomic mass is 10.3. The van der Waals surface area contributed by atoms with Crippen molar-refractivity contribution in [1.29, 1.82) is 0 Å². The van der Waals surface area contributed by atoms with Crippen LogP contribution >= 0.6 is 34.2 Å². The third kappa shape index (κ3) is 3.02. The highest BCUT2D eigenvalue weighted by Gasteiger charge is 2.23. The van der Waals surface area contributed by atoms with Gasteiger partial charge in [0.1, 0.15) is 0 Å². The summed E-state index contributed by atoms with van der Waals surface area (Å²) < 4.78 is 27.6. The van der Waals surface area contributed by atoms with Gasteiger partial charge in [0.15, 0.2) is 5.65 Å².